The first-order valence-corrected chi connectivity index (χ1v) is 9.37. The highest BCUT2D eigenvalue weighted by atomic mass is 32.2. The average molecular weight is 418 g/mol. The van der Waals surface area contributed by atoms with Gasteiger partial charge in [0.1, 0.15) is 23.9 Å². The van der Waals surface area contributed by atoms with Gasteiger partial charge in [0.2, 0.25) is 0 Å². The molecule has 0 fully saturated rings. The molecule has 4 nitrogen and oxygen atoms in total. The minimum atomic E-state index is -4.71. The highest BCUT2D eigenvalue weighted by molar-refractivity contribution is 7.98. The minimum Gasteiger partial charge on any atom is -0.488 e. The molecule has 0 spiro atoms. The number of alkyl halides is 3. The molecular weight excluding hydrogens is 400 g/mol. The van der Waals surface area contributed by atoms with Crippen molar-refractivity contribution in [3.8, 4) is 11.5 Å². The quantitative estimate of drug-likeness (QED) is 0.255. The second-order valence-electron chi connectivity index (χ2n) is 5.57. The zero-order chi connectivity index (χ0) is 20.9. The number of rotatable bonds is 6. The summed E-state index contributed by atoms with van der Waals surface area (Å²) < 4.78 is 69.0. The highest BCUT2D eigenvalue weighted by Crippen LogP contribution is 2.39. The first-order chi connectivity index (χ1) is 13.2. The highest BCUT2D eigenvalue weighted by Gasteiger charge is 2.35. The van der Waals surface area contributed by atoms with Gasteiger partial charge in [-0.2, -0.15) is 13.2 Å². The normalized spacial score (nSPS) is 11.2. The zero-order valence-electron chi connectivity index (χ0n) is 15.4. The third-order valence-electron chi connectivity index (χ3n) is 3.88. The maximum Gasteiger partial charge on any atom is 0.513 e. The molecular formula is C19H18F4O4S. The average Bonchev–Trinajstić information content (AvgIpc) is 2.65. The van der Waals surface area contributed by atoms with E-state index in [1.807, 2.05) is 0 Å². The zero-order valence-corrected chi connectivity index (χ0v) is 16.2. The summed E-state index contributed by atoms with van der Waals surface area (Å²) in [4.78, 5) is 12.0. The molecule has 0 saturated carbocycles. The Morgan fingerprint density at radius 1 is 1.18 bits per heavy atom. The number of thioether (sulfide) groups is 1. The van der Waals surface area contributed by atoms with E-state index < -0.39 is 29.5 Å². The summed E-state index contributed by atoms with van der Waals surface area (Å²) in [6.45, 7) is 1.20. The second kappa shape index (κ2) is 9.18. The number of halogens is 4. The van der Waals surface area contributed by atoms with Crippen molar-refractivity contribution in [2.75, 3.05) is 13.4 Å². The van der Waals surface area contributed by atoms with Gasteiger partial charge < -0.3 is 14.2 Å². The van der Waals surface area contributed by atoms with Gasteiger partial charge >= 0.3 is 12.3 Å². The number of hydrogen-bond donors (Lipinski definition) is 0. The van der Waals surface area contributed by atoms with Crippen molar-refractivity contribution in [3.63, 3.8) is 0 Å². The summed E-state index contributed by atoms with van der Waals surface area (Å²) in [7, 11) is 1.13. The van der Waals surface area contributed by atoms with E-state index in [4.69, 9.17) is 9.47 Å². The monoisotopic (exact) mass is 418 g/mol. The van der Waals surface area contributed by atoms with Crippen molar-refractivity contribution in [2.45, 2.75) is 31.0 Å². The van der Waals surface area contributed by atoms with Gasteiger partial charge in [-0.25, -0.2) is 9.18 Å². The predicted molar refractivity (Wildman–Crippen MR) is 96.4 cm³/mol. The maximum absolute atomic E-state index is 14.0. The van der Waals surface area contributed by atoms with Crippen LogP contribution in [0.2, 0.25) is 0 Å². The first kappa shape index (κ1) is 21.9. The van der Waals surface area contributed by atoms with Crippen LogP contribution in [0.1, 0.15) is 23.6 Å². The fourth-order valence-electron chi connectivity index (χ4n) is 2.47. The topological polar surface area (TPSA) is 44.8 Å². The predicted octanol–water partition coefficient (Wildman–Crippen LogP) is 5.85. The van der Waals surface area contributed by atoms with Crippen LogP contribution in [-0.2, 0) is 23.9 Å². The Bertz CT molecular complexity index is 853. The summed E-state index contributed by atoms with van der Waals surface area (Å²) in [6, 6.07) is 6.24. The van der Waals surface area contributed by atoms with Gasteiger partial charge in [0.25, 0.3) is 0 Å². The van der Waals surface area contributed by atoms with Crippen LogP contribution < -0.4 is 9.47 Å². The lowest BCUT2D eigenvalue weighted by molar-refractivity contribution is -0.139. The lowest BCUT2D eigenvalue weighted by Gasteiger charge is -2.18. The van der Waals surface area contributed by atoms with Crippen LogP contribution in [0.15, 0.2) is 35.2 Å². The molecule has 2 aromatic carbocycles. The van der Waals surface area contributed by atoms with E-state index in [2.05, 4.69) is 4.74 Å². The Hall–Kier alpha value is -2.42. The molecule has 2 rings (SSSR count). The van der Waals surface area contributed by atoms with E-state index in [0.717, 1.165) is 19.2 Å². The van der Waals surface area contributed by atoms with E-state index in [1.165, 1.54) is 17.8 Å². The summed E-state index contributed by atoms with van der Waals surface area (Å²) in [5.41, 5.74) is -0.782. The number of benzene rings is 2. The van der Waals surface area contributed by atoms with E-state index in [9.17, 15) is 22.4 Å². The number of carbonyl (C=O) groups excluding carboxylic acids is 1. The number of methoxy groups -OCH3 is 1. The third-order valence-corrected chi connectivity index (χ3v) is 4.70. The smallest absolute Gasteiger partial charge is 0.488 e. The molecule has 0 radical (unpaired) electrons. The van der Waals surface area contributed by atoms with Gasteiger partial charge in [-0.3, -0.25) is 0 Å². The summed E-state index contributed by atoms with van der Waals surface area (Å²) >= 11 is 1.29. The van der Waals surface area contributed by atoms with E-state index in [-0.39, 0.29) is 24.3 Å². The molecule has 0 atom stereocenters. The molecule has 0 amide bonds. The molecule has 0 aromatic heterocycles. The van der Waals surface area contributed by atoms with Crippen molar-refractivity contribution in [2.24, 2.45) is 0 Å². The fourth-order valence-corrected chi connectivity index (χ4v) is 3.09. The Balaban J connectivity index is 2.41. The summed E-state index contributed by atoms with van der Waals surface area (Å²) in [5, 5.41) is 0. The van der Waals surface area contributed by atoms with Gasteiger partial charge in [0.05, 0.1) is 12.7 Å². The molecule has 0 heterocycles. The van der Waals surface area contributed by atoms with Gasteiger partial charge in [-0.15, -0.1) is 11.8 Å². The standard InChI is InChI=1S/C19H18F4O4S/c1-4-11-8-13(19(21,22)23)16(9-14(11)20)26-10-12-15(27-18(24)25-2)6-5-7-17(12)28-3/h5-9H,4,10H2,1-3H3. The van der Waals surface area contributed by atoms with Gasteiger partial charge in [-0.05, 0) is 36.4 Å². The fraction of sp³-hybridized carbons (Fsp3) is 0.316. The molecule has 0 aliphatic carbocycles. The van der Waals surface area contributed by atoms with E-state index in [0.29, 0.717) is 10.5 Å². The largest absolute Gasteiger partial charge is 0.513 e. The van der Waals surface area contributed by atoms with Crippen molar-refractivity contribution < 1.29 is 36.6 Å². The Labute approximate surface area is 163 Å². The number of aryl methyl sites for hydroxylation is 1. The molecule has 152 valence electrons. The molecule has 2 aromatic rings. The van der Waals surface area contributed by atoms with Gasteiger partial charge in [0.15, 0.2) is 0 Å². The van der Waals surface area contributed by atoms with Crippen LogP contribution in [0.25, 0.3) is 0 Å². The molecule has 28 heavy (non-hydrogen) atoms. The van der Waals surface area contributed by atoms with Gasteiger partial charge in [0, 0.05) is 16.5 Å². The molecule has 0 unspecified atom stereocenters. The van der Waals surface area contributed by atoms with Crippen LogP contribution in [0, 0.1) is 5.82 Å². The molecule has 0 bridgehead atoms. The van der Waals surface area contributed by atoms with E-state index >= 15 is 0 Å². The SMILES string of the molecule is CCc1cc(C(F)(F)F)c(OCc2c(OC(=O)OC)cccc2SC)cc1F. The Kier molecular flexibility index (Phi) is 7.17. The van der Waals surface area contributed by atoms with Crippen molar-refractivity contribution >= 4 is 17.9 Å². The molecule has 0 aliphatic heterocycles. The number of ether oxygens (including phenoxy) is 3. The Morgan fingerprint density at radius 3 is 2.46 bits per heavy atom. The van der Waals surface area contributed by atoms with Crippen molar-refractivity contribution in [3.05, 3.63) is 52.8 Å². The minimum absolute atomic E-state index is 0.0566. The summed E-state index contributed by atoms with van der Waals surface area (Å²) in [6.07, 6.45) is -3.83. The molecule has 0 N–H and O–H groups in total. The maximum atomic E-state index is 14.0. The lowest BCUT2D eigenvalue weighted by atomic mass is 10.1. The second-order valence-corrected chi connectivity index (χ2v) is 6.42. The molecule has 0 aliphatic rings. The molecule has 0 saturated heterocycles. The van der Waals surface area contributed by atoms with Crippen molar-refractivity contribution in [1.29, 1.82) is 0 Å². The third kappa shape index (κ3) is 5.09. The van der Waals surface area contributed by atoms with Crippen LogP contribution in [0.3, 0.4) is 0 Å². The van der Waals surface area contributed by atoms with Crippen LogP contribution >= 0.6 is 11.8 Å². The van der Waals surface area contributed by atoms with Crippen LogP contribution in [0.5, 0.6) is 11.5 Å². The van der Waals surface area contributed by atoms with Gasteiger partial charge in [-0.1, -0.05) is 13.0 Å². The van der Waals surface area contributed by atoms with E-state index in [1.54, 1.807) is 25.3 Å². The number of hydrogen-bond acceptors (Lipinski definition) is 5. The Morgan fingerprint density at radius 2 is 1.89 bits per heavy atom. The number of carbonyl (C=O) groups is 1. The van der Waals surface area contributed by atoms with Crippen molar-refractivity contribution in [1.82, 2.24) is 0 Å². The molecule has 9 heteroatoms. The van der Waals surface area contributed by atoms with Crippen LogP contribution in [-0.4, -0.2) is 19.5 Å². The summed E-state index contributed by atoms with van der Waals surface area (Å²) in [5.74, 6) is -1.34. The first-order valence-electron chi connectivity index (χ1n) is 8.15. The lowest BCUT2D eigenvalue weighted by Crippen LogP contribution is -2.13. The van der Waals surface area contributed by atoms with Crippen LogP contribution in [0.4, 0.5) is 22.4 Å².